The molecule has 2 aromatic carbocycles. The van der Waals surface area contributed by atoms with Gasteiger partial charge in [-0.15, -0.1) is 0 Å². The van der Waals surface area contributed by atoms with Gasteiger partial charge in [0.05, 0.1) is 30.7 Å². The van der Waals surface area contributed by atoms with Crippen LogP contribution in [0.15, 0.2) is 54.9 Å². The standard InChI is InChI=1S/C19H20N2O2S/c24-12-11-22-13-16-7-5-15(6-8-16)9-10-23-19-17-3-1-2-4-18(17)20-14-21-19/h1-8,14,24H,9-13H2. The molecule has 0 spiro atoms. The molecule has 1 heterocycles. The minimum atomic E-state index is 0.580. The average Bonchev–Trinajstić information content (AvgIpc) is 2.63. The van der Waals surface area contributed by atoms with E-state index in [1.54, 1.807) is 0 Å². The van der Waals surface area contributed by atoms with Gasteiger partial charge in [-0.1, -0.05) is 36.4 Å². The van der Waals surface area contributed by atoms with Crippen LogP contribution in [0.4, 0.5) is 0 Å². The zero-order valence-corrected chi connectivity index (χ0v) is 14.3. The lowest BCUT2D eigenvalue weighted by Crippen LogP contribution is -2.04. The van der Waals surface area contributed by atoms with Gasteiger partial charge < -0.3 is 9.47 Å². The van der Waals surface area contributed by atoms with Gasteiger partial charge in [0, 0.05) is 12.2 Å². The molecule has 0 N–H and O–H groups in total. The van der Waals surface area contributed by atoms with Crippen LogP contribution in [0.3, 0.4) is 0 Å². The summed E-state index contributed by atoms with van der Waals surface area (Å²) in [5.41, 5.74) is 3.29. The van der Waals surface area contributed by atoms with Gasteiger partial charge in [0.15, 0.2) is 0 Å². The maximum absolute atomic E-state index is 5.85. The van der Waals surface area contributed by atoms with E-state index in [1.807, 2.05) is 24.3 Å². The van der Waals surface area contributed by atoms with Crippen molar-refractivity contribution in [3.63, 3.8) is 0 Å². The van der Waals surface area contributed by atoms with E-state index < -0.39 is 0 Å². The fourth-order valence-electron chi connectivity index (χ4n) is 2.42. The summed E-state index contributed by atoms with van der Waals surface area (Å²) in [6.45, 7) is 1.88. The third-order valence-electron chi connectivity index (χ3n) is 3.66. The molecule has 0 radical (unpaired) electrons. The Bertz CT molecular complexity index is 772. The predicted octanol–water partition coefficient (Wildman–Crippen LogP) is 3.70. The van der Waals surface area contributed by atoms with Crippen molar-refractivity contribution in [2.75, 3.05) is 19.0 Å². The number of para-hydroxylation sites is 1. The van der Waals surface area contributed by atoms with Crippen molar-refractivity contribution in [2.45, 2.75) is 13.0 Å². The van der Waals surface area contributed by atoms with Crippen LogP contribution in [0, 0.1) is 0 Å². The Kier molecular flexibility index (Phi) is 6.04. The molecular weight excluding hydrogens is 320 g/mol. The molecule has 0 saturated heterocycles. The summed E-state index contributed by atoms with van der Waals surface area (Å²) >= 11 is 4.13. The molecule has 0 atom stereocenters. The first-order chi connectivity index (χ1) is 11.9. The van der Waals surface area contributed by atoms with Crippen molar-refractivity contribution in [1.29, 1.82) is 0 Å². The van der Waals surface area contributed by atoms with E-state index in [0.29, 0.717) is 25.7 Å². The Morgan fingerprint density at radius 2 is 1.67 bits per heavy atom. The van der Waals surface area contributed by atoms with Crippen LogP contribution in [0.1, 0.15) is 11.1 Å². The van der Waals surface area contributed by atoms with Crippen molar-refractivity contribution < 1.29 is 9.47 Å². The number of thiol groups is 1. The molecule has 3 rings (SSSR count). The van der Waals surface area contributed by atoms with Gasteiger partial charge >= 0.3 is 0 Å². The summed E-state index contributed by atoms with van der Waals surface area (Å²) in [7, 11) is 0. The van der Waals surface area contributed by atoms with Crippen molar-refractivity contribution in [3.05, 3.63) is 66.0 Å². The Labute approximate surface area is 147 Å². The number of ether oxygens (including phenoxy) is 2. The van der Waals surface area contributed by atoms with E-state index in [4.69, 9.17) is 9.47 Å². The largest absolute Gasteiger partial charge is 0.477 e. The molecule has 0 bridgehead atoms. The summed E-state index contributed by atoms with van der Waals surface area (Å²) in [5, 5.41) is 0.941. The summed E-state index contributed by atoms with van der Waals surface area (Å²) in [6, 6.07) is 16.3. The topological polar surface area (TPSA) is 44.2 Å². The molecule has 0 fully saturated rings. The molecule has 0 saturated carbocycles. The van der Waals surface area contributed by atoms with Gasteiger partial charge in [-0.25, -0.2) is 9.97 Å². The Balaban J connectivity index is 1.54. The molecule has 4 nitrogen and oxygen atoms in total. The normalized spacial score (nSPS) is 10.9. The zero-order chi connectivity index (χ0) is 16.6. The number of benzene rings is 2. The summed E-state index contributed by atoms with van der Waals surface area (Å²) < 4.78 is 11.3. The fourth-order valence-corrected chi connectivity index (χ4v) is 2.55. The van der Waals surface area contributed by atoms with Gasteiger partial charge in [-0.2, -0.15) is 12.6 Å². The van der Waals surface area contributed by atoms with Gasteiger partial charge in [0.1, 0.15) is 6.33 Å². The lowest BCUT2D eigenvalue weighted by Gasteiger charge is -2.08. The van der Waals surface area contributed by atoms with E-state index in [-0.39, 0.29) is 0 Å². The summed E-state index contributed by atoms with van der Waals surface area (Å²) in [5.74, 6) is 1.38. The first-order valence-electron chi connectivity index (χ1n) is 7.96. The molecular formula is C19H20N2O2S. The molecule has 0 amide bonds. The summed E-state index contributed by atoms with van der Waals surface area (Å²) in [4.78, 5) is 8.48. The maximum Gasteiger partial charge on any atom is 0.224 e. The highest BCUT2D eigenvalue weighted by molar-refractivity contribution is 7.80. The minimum absolute atomic E-state index is 0.580. The number of nitrogens with zero attached hydrogens (tertiary/aromatic N) is 2. The van der Waals surface area contributed by atoms with Gasteiger partial charge in [-0.05, 0) is 23.3 Å². The molecule has 0 aliphatic rings. The molecule has 0 aliphatic heterocycles. The molecule has 3 aromatic rings. The Hall–Kier alpha value is -2.11. The van der Waals surface area contributed by atoms with Gasteiger partial charge in [0.2, 0.25) is 5.88 Å². The lowest BCUT2D eigenvalue weighted by atomic mass is 10.1. The number of aromatic nitrogens is 2. The molecule has 24 heavy (non-hydrogen) atoms. The average molecular weight is 340 g/mol. The van der Waals surface area contributed by atoms with Crippen LogP contribution >= 0.6 is 12.6 Å². The van der Waals surface area contributed by atoms with Crippen LogP contribution in [-0.4, -0.2) is 28.9 Å². The highest BCUT2D eigenvalue weighted by atomic mass is 32.1. The molecule has 0 unspecified atom stereocenters. The van der Waals surface area contributed by atoms with E-state index in [1.165, 1.54) is 17.5 Å². The number of rotatable bonds is 8. The molecule has 124 valence electrons. The smallest absolute Gasteiger partial charge is 0.224 e. The van der Waals surface area contributed by atoms with Crippen LogP contribution in [0.5, 0.6) is 5.88 Å². The lowest BCUT2D eigenvalue weighted by molar-refractivity contribution is 0.136. The first-order valence-corrected chi connectivity index (χ1v) is 8.59. The molecule has 5 heteroatoms. The second-order valence-electron chi connectivity index (χ2n) is 5.39. The number of hydrogen-bond acceptors (Lipinski definition) is 5. The third kappa shape index (κ3) is 4.46. The van der Waals surface area contributed by atoms with Crippen LogP contribution in [-0.2, 0) is 17.8 Å². The quantitative estimate of drug-likeness (QED) is 0.502. The van der Waals surface area contributed by atoms with E-state index in [2.05, 4.69) is 46.9 Å². The zero-order valence-electron chi connectivity index (χ0n) is 13.4. The SMILES string of the molecule is SCCOCc1ccc(CCOc2ncnc3ccccc23)cc1. The fraction of sp³-hybridized carbons (Fsp3) is 0.263. The molecule has 0 aliphatic carbocycles. The van der Waals surface area contributed by atoms with E-state index >= 15 is 0 Å². The first kappa shape index (κ1) is 16.7. The molecule has 1 aromatic heterocycles. The van der Waals surface area contributed by atoms with Crippen molar-refractivity contribution in [1.82, 2.24) is 9.97 Å². The third-order valence-corrected chi connectivity index (χ3v) is 3.85. The predicted molar refractivity (Wildman–Crippen MR) is 98.7 cm³/mol. The second kappa shape index (κ2) is 8.66. The van der Waals surface area contributed by atoms with Crippen LogP contribution in [0.2, 0.25) is 0 Å². The number of hydrogen-bond donors (Lipinski definition) is 1. The van der Waals surface area contributed by atoms with E-state index in [9.17, 15) is 0 Å². The van der Waals surface area contributed by atoms with E-state index in [0.717, 1.165) is 23.1 Å². The van der Waals surface area contributed by atoms with Crippen molar-refractivity contribution in [3.8, 4) is 5.88 Å². The van der Waals surface area contributed by atoms with Crippen molar-refractivity contribution >= 4 is 23.5 Å². The highest BCUT2D eigenvalue weighted by Crippen LogP contribution is 2.20. The van der Waals surface area contributed by atoms with Crippen LogP contribution < -0.4 is 4.74 Å². The Morgan fingerprint density at radius 1 is 0.875 bits per heavy atom. The van der Waals surface area contributed by atoms with Crippen LogP contribution in [0.25, 0.3) is 10.9 Å². The van der Waals surface area contributed by atoms with Gasteiger partial charge in [-0.3, -0.25) is 0 Å². The maximum atomic E-state index is 5.85. The second-order valence-corrected chi connectivity index (χ2v) is 5.83. The Morgan fingerprint density at radius 3 is 2.50 bits per heavy atom. The number of fused-ring (bicyclic) bond motifs is 1. The minimum Gasteiger partial charge on any atom is -0.477 e. The highest BCUT2D eigenvalue weighted by Gasteiger charge is 2.04. The van der Waals surface area contributed by atoms with Crippen molar-refractivity contribution in [2.24, 2.45) is 0 Å². The van der Waals surface area contributed by atoms with Gasteiger partial charge in [0.25, 0.3) is 0 Å². The summed E-state index contributed by atoms with van der Waals surface area (Å²) in [6.07, 6.45) is 2.37. The monoisotopic (exact) mass is 340 g/mol.